The van der Waals surface area contributed by atoms with Crippen molar-refractivity contribution in [1.82, 2.24) is 0 Å². The molecule has 2 aromatic rings. The topological polar surface area (TPSA) is 115 Å². The molecule has 2 aromatic carbocycles. The Labute approximate surface area is 118 Å². The summed E-state index contributed by atoms with van der Waals surface area (Å²) in [5.41, 5.74) is 0. The monoisotopic (exact) mass is 314 g/mol. The average molecular weight is 314 g/mol. The molecule has 2 rings (SSSR count). The first-order chi connectivity index (χ1) is 9.43. The Bertz CT molecular complexity index is 652. The van der Waals surface area contributed by atoms with Gasteiger partial charge in [-0.2, -0.15) is 0 Å². The molecule has 2 atom stereocenters. The van der Waals surface area contributed by atoms with Crippen molar-refractivity contribution in [2.75, 3.05) is 0 Å². The van der Waals surface area contributed by atoms with Crippen LogP contribution in [0.25, 0.3) is 0 Å². The van der Waals surface area contributed by atoms with Crippen molar-refractivity contribution < 1.29 is 28.8 Å². The van der Waals surface area contributed by atoms with E-state index in [1.807, 2.05) is 0 Å². The van der Waals surface area contributed by atoms with Gasteiger partial charge in [-0.3, -0.25) is 0 Å². The molecule has 0 saturated heterocycles. The normalized spacial score (nSPS) is 13.8. The Balaban J connectivity index is 2.46. The lowest BCUT2D eigenvalue weighted by atomic mass is 10.3. The maximum absolute atomic E-state index is 12.1. The van der Waals surface area contributed by atoms with Gasteiger partial charge in [0.15, 0.2) is 42.7 Å². The van der Waals surface area contributed by atoms with Crippen molar-refractivity contribution in [3.63, 3.8) is 0 Å². The van der Waals surface area contributed by atoms with Gasteiger partial charge < -0.3 is 20.4 Å². The third kappa shape index (κ3) is 2.47. The largest absolute Gasteiger partial charge is 0.504 e. The first-order valence-electron chi connectivity index (χ1n) is 5.29. The number of hydrogen-bond acceptors (Lipinski definition) is 6. The van der Waals surface area contributed by atoms with Crippen LogP contribution in [0, 0.1) is 0 Å². The Kier molecular flexibility index (Phi) is 3.96. The van der Waals surface area contributed by atoms with E-state index < -0.39 is 42.7 Å². The fourth-order valence-corrected chi connectivity index (χ4v) is 4.47. The molecule has 0 aliphatic rings. The molecule has 0 aliphatic carbocycles. The highest BCUT2D eigenvalue weighted by Gasteiger charge is 2.23. The number of hydrogen-bond donors (Lipinski definition) is 4. The minimum atomic E-state index is -2.23. The van der Waals surface area contributed by atoms with Gasteiger partial charge in [0.05, 0.1) is 9.79 Å². The van der Waals surface area contributed by atoms with E-state index >= 15 is 0 Å². The van der Waals surface area contributed by atoms with Crippen LogP contribution in [0.5, 0.6) is 23.0 Å². The van der Waals surface area contributed by atoms with Crippen molar-refractivity contribution >= 4 is 19.7 Å². The third-order valence-electron chi connectivity index (χ3n) is 2.45. The Morgan fingerprint density at radius 1 is 0.650 bits per heavy atom. The summed E-state index contributed by atoms with van der Waals surface area (Å²) in [6.07, 6.45) is 0. The van der Waals surface area contributed by atoms with Gasteiger partial charge in [-0.25, -0.2) is 8.42 Å². The summed E-state index contributed by atoms with van der Waals surface area (Å²) < 4.78 is 24.3. The van der Waals surface area contributed by atoms with E-state index in [4.69, 9.17) is 0 Å². The first kappa shape index (κ1) is 14.4. The van der Waals surface area contributed by atoms with Crippen LogP contribution in [0.3, 0.4) is 0 Å². The van der Waals surface area contributed by atoms with E-state index in [0.29, 0.717) is 0 Å². The average Bonchev–Trinajstić information content (AvgIpc) is 2.43. The fraction of sp³-hybridized carbons (Fsp3) is 0. The van der Waals surface area contributed by atoms with Crippen LogP contribution >= 0.6 is 0 Å². The Morgan fingerprint density at radius 3 is 1.35 bits per heavy atom. The van der Waals surface area contributed by atoms with Crippen molar-refractivity contribution in [3.8, 4) is 23.0 Å². The van der Waals surface area contributed by atoms with Gasteiger partial charge >= 0.3 is 0 Å². The number of phenolic OH excluding ortho intramolecular Hbond substituents is 4. The number of aromatic hydroxyl groups is 4. The first-order valence-corrected chi connectivity index (χ1v) is 8.11. The van der Waals surface area contributed by atoms with Crippen molar-refractivity contribution in [3.05, 3.63) is 36.4 Å². The van der Waals surface area contributed by atoms with Crippen LogP contribution < -0.4 is 0 Å². The summed E-state index contributed by atoms with van der Waals surface area (Å²) >= 11 is 0. The molecule has 2 unspecified atom stereocenters. The SMILES string of the molecule is O=S(c1cccc(O)c1O)S(=O)c1cccc(O)c1O. The van der Waals surface area contributed by atoms with Crippen LogP contribution in [0.4, 0.5) is 0 Å². The van der Waals surface area contributed by atoms with Crippen molar-refractivity contribution in [2.45, 2.75) is 9.79 Å². The molecule has 0 aliphatic heterocycles. The minimum Gasteiger partial charge on any atom is -0.504 e. The Morgan fingerprint density at radius 2 is 1.00 bits per heavy atom. The van der Waals surface area contributed by atoms with Crippen LogP contribution in [-0.4, -0.2) is 28.8 Å². The molecule has 0 saturated carbocycles. The van der Waals surface area contributed by atoms with Gasteiger partial charge in [0.1, 0.15) is 0 Å². The molecule has 4 N–H and O–H groups in total. The van der Waals surface area contributed by atoms with Crippen LogP contribution in [0.15, 0.2) is 46.2 Å². The second-order valence-electron chi connectivity index (χ2n) is 3.72. The second kappa shape index (κ2) is 5.51. The standard InChI is InChI=1S/C12H10O6S2/c13-7-3-1-5-9(11(7)15)19(17)20(18)10-6-2-4-8(14)12(10)16/h1-6,13-16H. The molecule has 0 fully saturated rings. The molecule has 106 valence electrons. The fourth-order valence-electron chi connectivity index (χ4n) is 1.45. The van der Waals surface area contributed by atoms with Gasteiger partial charge in [0.2, 0.25) is 0 Å². The maximum atomic E-state index is 12.1. The summed E-state index contributed by atoms with van der Waals surface area (Å²) in [5, 5.41) is 37.9. The smallest absolute Gasteiger partial charge is 0.174 e. The lowest BCUT2D eigenvalue weighted by Crippen LogP contribution is -2.02. The predicted octanol–water partition coefficient (Wildman–Crippen LogP) is 1.34. The molecule has 0 spiro atoms. The summed E-state index contributed by atoms with van der Waals surface area (Å²) in [7, 11) is -4.46. The molecule has 6 nitrogen and oxygen atoms in total. The zero-order valence-corrected chi connectivity index (χ0v) is 11.5. The molecule has 0 bridgehead atoms. The molecule has 0 heterocycles. The number of benzene rings is 2. The van der Waals surface area contributed by atoms with Crippen LogP contribution in [0.1, 0.15) is 0 Å². The van der Waals surface area contributed by atoms with E-state index in [1.165, 1.54) is 36.4 Å². The quantitative estimate of drug-likeness (QED) is 0.502. The highest BCUT2D eigenvalue weighted by molar-refractivity contribution is 8.61. The molecule has 0 aromatic heterocycles. The molecular weight excluding hydrogens is 304 g/mol. The summed E-state index contributed by atoms with van der Waals surface area (Å²) in [6, 6.07) is 7.52. The van der Waals surface area contributed by atoms with Crippen LogP contribution in [0.2, 0.25) is 0 Å². The van der Waals surface area contributed by atoms with E-state index in [-0.39, 0.29) is 9.79 Å². The molecule has 0 radical (unpaired) electrons. The van der Waals surface area contributed by atoms with Gasteiger partial charge in [-0.15, -0.1) is 0 Å². The van der Waals surface area contributed by atoms with Gasteiger partial charge in [0, 0.05) is 0 Å². The van der Waals surface area contributed by atoms with E-state index in [0.717, 1.165) is 0 Å². The molecule has 8 heteroatoms. The zero-order valence-electron chi connectivity index (χ0n) is 9.89. The summed E-state index contributed by atoms with van der Waals surface area (Å²) in [5.74, 6) is -2.27. The van der Waals surface area contributed by atoms with Gasteiger partial charge in [0.25, 0.3) is 0 Å². The van der Waals surface area contributed by atoms with Crippen molar-refractivity contribution in [1.29, 1.82) is 0 Å². The third-order valence-corrected chi connectivity index (χ3v) is 6.01. The van der Waals surface area contributed by atoms with E-state index in [1.54, 1.807) is 0 Å². The van der Waals surface area contributed by atoms with E-state index in [2.05, 4.69) is 0 Å². The summed E-state index contributed by atoms with van der Waals surface area (Å²) in [6.45, 7) is 0. The molecular formula is C12H10O6S2. The van der Waals surface area contributed by atoms with Gasteiger partial charge in [-0.1, -0.05) is 12.1 Å². The molecule has 0 amide bonds. The lowest BCUT2D eigenvalue weighted by Gasteiger charge is -2.07. The highest BCUT2D eigenvalue weighted by atomic mass is 33.1. The maximum Gasteiger partial charge on any atom is 0.174 e. The zero-order chi connectivity index (χ0) is 14.9. The Hall–Kier alpha value is -2.06. The number of phenols is 4. The summed E-state index contributed by atoms with van der Waals surface area (Å²) in [4.78, 5) is -0.461. The van der Waals surface area contributed by atoms with Crippen LogP contribution in [-0.2, 0) is 19.7 Å². The number of rotatable bonds is 3. The van der Waals surface area contributed by atoms with Gasteiger partial charge in [-0.05, 0) is 24.3 Å². The minimum absolute atomic E-state index is 0.230. The highest BCUT2D eigenvalue weighted by Crippen LogP contribution is 2.36. The predicted molar refractivity (Wildman–Crippen MR) is 72.4 cm³/mol. The molecule has 20 heavy (non-hydrogen) atoms. The second-order valence-corrected chi connectivity index (χ2v) is 7.35. The number of para-hydroxylation sites is 2. The van der Waals surface area contributed by atoms with Crippen molar-refractivity contribution in [2.24, 2.45) is 0 Å². The lowest BCUT2D eigenvalue weighted by molar-refractivity contribution is 0.394. The van der Waals surface area contributed by atoms with E-state index in [9.17, 15) is 28.8 Å².